The summed E-state index contributed by atoms with van der Waals surface area (Å²) >= 11 is 0. The van der Waals surface area contributed by atoms with E-state index in [0.29, 0.717) is 0 Å². The molecule has 1 atom stereocenters. The molecule has 0 saturated carbocycles. The van der Waals surface area contributed by atoms with E-state index in [1.54, 1.807) is 12.2 Å². The van der Waals surface area contributed by atoms with Crippen LogP contribution in [0.25, 0.3) is 0 Å². The van der Waals surface area contributed by atoms with Gasteiger partial charge in [0, 0.05) is 0 Å². The lowest BCUT2D eigenvalue weighted by Crippen LogP contribution is -2.13. The second kappa shape index (κ2) is 14.6. The largest absolute Gasteiger partial charge is 0.434 e. The van der Waals surface area contributed by atoms with Gasteiger partial charge in [0.25, 0.3) is 0 Å². The maximum absolute atomic E-state index is 12.0. The minimum absolute atomic E-state index is 0.165. The number of hydrogen-bond acceptors (Lipinski definition) is 2. The van der Waals surface area contributed by atoms with E-state index in [1.165, 1.54) is 6.26 Å². The maximum Gasteiger partial charge on any atom is 0.317 e. The molecule has 0 N–H and O–H groups in total. The molecule has 0 heterocycles. The van der Waals surface area contributed by atoms with E-state index in [-0.39, 0.29) is 11.9 Å². The van der Waals surface area contributed by atoms with Crippen molar-refractivity contribution in [2.75, 3.05) is 0 Å². The van der Waals surface area contributed by atoms with Gasteiger partial charge in [0.2, 0.25) is 0 Å². The molecule has 0 saturated heterocycles. The summed E-state index contributed by atoms with van der Waals surface area (Å²) in [6, 6.07) is 0. The van der Waals surface area contributed by atoms with Crippen LogP contribution in [0.3, 0.4) is 0 Å². The quantitative estimate of drug-likeness (QED) is 0.156. The average Bonchev–Trinajstić information content (AvgIpc) is 2.50. The molecular weight excluding hydrogens is 260 g/mol. The number of carbonyl (C=O) groups is 1. The van der Waals surface area contributed by atoms with Gasteiger partial charge >= 0.3 is 5.97 Å². The Balaban J connectivity index is 4.31. The minimum Gasteiger partial charge on any atom is -0.434 e. The van der Waals surface area contributed by atoms with Crippen molar-refractivity contribution in [2.24, 2.45) is 5.92 Å². The van der Waals surface area contributed by atoms with Gasteiger partial charge in [-0.25, -0.2) is 0 Å². The van der Waals surface area contributed by atoms with Gasteiger partial charge < -0.3 is 4.74 Å². The Bertz CT molecular complexity index is 375. The number of allylic oxidation sites excluding steroid dienone is 6. The highest BCUT2D eigenvalue weighted by molar-refractivity contribution is 5.74. The molecule has 0 aliphatic carbocycles. The first kappa shape index (κ1) is 19.2. The average molecular weight is 288 g/mol. The van der Waals surface area contributed by atoms with Crippen molar-refractivity contribution in [3.05, 3.63) is 62.0 Å². The van der Waals surface area contributed by atoms with Crippen molar-refractivity contribution < 1.29 is 9.53 Å². The third-order valence-corrected chi connectivity index (χ3v) is 2.93. The predicted octanol–water partition coefficient (Wildman–Crippen LogP) is 5.50. The molecule has 21 heavy (non-hydrogen) atoms. The van der Waals surface area contributed by atoms with Crippen molar-refractivity contribution in [3.63, 3.8) is 0 Å². The molecule has 0 rings (SSSR count). The van der Waals surface area contributed by atoms with Crippen LogP contribution in [0.1, 0.15) is 45.4 Å². The fourth-order valence-electron chi connectivity index (χ4n) is 1.80. The summed E-state index contributed by atoms with van der Waals surface area (Å²) in [6.07, 6.45) is 20.6. The van der Waals surface area contributed by atoms with Gasteiger partial charge in [0.15, 0.2) is 0 Å². The monoisotopic (exact) mass is 288 g/mol. The summed E-state index contributed by atoms with van der Waals surface area (Å²) in [5.74, 6) is -0.345. The molecule has 1 unspecified atom stereocenters. The summed E-state index contributed by atoms with van der Waals surface area (Å²) in [5.41, 5.74) is 0. The molecular formula is C19H28O2. The predicted molar refractivity (Wildman–Crippen MR) is 90.8 cm³/mol. The number of hydrogen-bond donors (Lipinski definition) is 0. The lowest BCUT2D eigenvalue weighted by molar-refractivity contribution is -0.141. The van der Waals surface area contributed by atoms with Gasteiger partial charge in [0.1, 0.15) is 0 Å². The summed E-state index contributed by atoms with van der Waals surface area (Å²) in [4.78, 5) is 12.0. The van der Waals surface area contributed by atoms with Gasteiger partial charge in [-0.05, 0) is 45.4 Å². The highest BCUT2D eigenvalue weighted by atomic mass is 16.5. The molecule has 116 valence electrons. The summed E-state index contributed by atoms with van der Waals surface area (Å²) in [6.45, 7) is 9.16. The van der Waals surface area contributed by atoms with Gasteiger partial charge in [0.05, 0.1) is 12.2 Å². The van der Waals surface area contributed by atoms with Crippen molar-refractivity contribution in [3.8, 4) is 0 Å². The van der Waals surface area contributed by atoms with Crippen LogP contribution < -0.4 is 0 Å². The van der Waals surface area contributed by atoms with Crippen molar-refractivity contribution >= 4 is 5.97 Å². The number of rotatable bonds is 12. The smallest absolute Gasteiger partial charge is 0.317 e. The molecule has 2 nitrogen and oxygen atoms in total. The van der Waals surface area contributed by atoms with E-state index >= 15 is 0 Å². The van der Waals surface area contributed by atoms with E-state index in [9.17, 15) is 4.79 Å². The Morgan fingerprint density at radius 1 is 1.14 bits per heavy atom. The van der Waals surface area contributed by atoms with Crippen molar-refractivity contribution in [1.29, 1.82) is 0 Å². The normalized spacial score (nSPS) is 13.0. The second-order valence-corrected chi connectivity index (χ2v) is 4.76. The topological polar surface area (TPSA) is 26.3 Å². The third kappa shape index (κ3) is 11.7. The molecule has 0 bridgehead atoms. The van der Waals surface area contributed by atoms with Crippen molar-refractivity contribution in [2.45, 2.75) is 45.4 Å². The Kier molecular flexibility index (Phi) is 13.3. The fraction of sp³-hybridized carbons (Fsp3) is 0.421. The third-order valence-electron chi connectivity index (χ3n) is 2.93. The van der Waals surface area contributed by atoms with Crippen molar-refractivity contribution in [1.82, 2.24) is 0 Å². The Labute approximate surface area is 129 Å². The SMILES string of the molecule is C=CC=CCCCC(C=CCCCC=C)C(=O)OC=CC. The lowest BCUT2D eigenvalue weighted by Gasteiger charge is -2.09. The zero-order valence-corrected chi connectivity index (χ0v) is 13.2. The van der Waals surface area contributed by atoms with E-state index in [2.05, 4.69) is 25.3 Å². The zero-order chi connectivity index (χ0) is 15.8. The first-order valence-electron chi connectivity index (χ1n) is 7.63. The number of ether oxygens (including phenoxy) is 1. The molecule has 0 aliphatic rings. The fourth-order valence-corrected chi connectivity index (χ4v) is 1.80. The summed E-state index contributed by atoms with van der Waals surface area (Å²) in [7, 11) is 0. The minimum atomic E-state index is -0.180. The van der Waals surface area contributed by atoms with Crippen LogP contribution in [0.15, 0.2) is 62.0 Å². The standard InChI is InChI=1S/C19H28O2/c1-4-7-9-11-13-15-18(19(20)21-17-6-3)16-14-12-10-8-5-2/h4-7,9,14,16-18H,1-2,8,10-13,15H2,3H3. The van der Waals surface area contributed by atoms with E-state index in [4.69, 9.17) is 4.74 Å². The van der Waals surface area contributed by atoms with Crippen LogP contribution in [0.4, 0.5) is 0 Å². The van der Waals surface area contributed by atoms with Gasteiger partial charge in [-0.15, -0.1) is 6.58 Å². The summed E-state index contributed by atoms with van der Waals surface area (Å²) < 4.78 is 5.09. The molecule has 2 heteroatoms. The number of carbonyl (C=O) groups excluding carboxylic acids is 1. The molecule has 0 amide bonds. The van der Waals surface area contributed by atoms with Gasteiger partial charge in [-0.2, -0.15) is 0 Å². The second-order valence-electron chi connectivity index (χ2n) is 4.76. The molecule has 0 fully saturated rings. The van der Waals surface area contributed by atoms with Gasteiger partial charge in [-0.1, -0.05) is 49.1 Å². The Morgan fingerprint density at radius 2 is 1.90 bits per heavy atom. The van der Waals surface area contributed by atoms with Gasteiger partial charge in [-0.3, -0.25) is 4.79 Å². The zero-order valence-electron chi connectivity index (χ0n) is 13.2. The Morgan fingerprint density at radius 3 is 2.57 bits per heavy atom. The first-order valence-corrected chi connectivity index (χ1v) is 7.63. The molecule has 0 radical (unpaired) electrons. The van der Waals surface area contributed by atoms with E-state index in [1.807, 2.05) is 25.2 Å². The number of esters is 1. The van der Waals surface area contributed by atoms with Crippen LogP contribution >= 0.6 is 0 Å². The molecule has 0 aromatic rings. The van der Waals surface area contributed by atoms with Crippen LogP contribution in [-0.2, 0) is 9.53 Å². The molecule has 0 spiro atoms. The summed E-state index contributed by atoms with van der Waals surface area (Å²) in [5, 5.41) is 0. The van der Waals surface area contributed by atoms with E-state index in [0.717, 1.165) is 38.5 Å². The molecule has 0 aromatic carbocycles. The van der Waals surface area contributed by atoms with Crippen LogP contribution in [0.2, 0.25) is 0 Å². The van der Waals surface area contributed by atoms with Crippen LogP contribution in [0, 0.1) is 5.92 Å². The highest BCUT2D eigenvalue weighted by Crippen LogP contribution is 2.14. The first-order chi connectivity index (χ1) is 10.3. The highest BCUT2D eigenvalue weighted by Gasteiger charge is 2.15. The van der Waals surface area contributed by atoms with E-state index < -0.39 is 0 Å². The molecule has 0 aliphatic heterocycles. The number of unbranched alkanes of at least 4 members (excludes halogenated alkanes) is 3. The maximum atomic E-state index is 12.0. The Hall–Kier alpha value is -1.83. The van der Waals surface area contributed by atoms with Crippen LogP contribution in [0.5, 0.6) is 0 Å². The molecule has 0 aromatic heterocycles. The van der Waals surface area contributed by atoms with Crippen LogP contribution in [-0.4, -0.2) is 5.97 Å². The lowest BCUT2D eigenvalue weighted by atomic mass is 10.0.